The van der Waals surface area contributed by atoms with Gasteiger partial charge in [0.05, 0.1) is 18.8 Å². The molecule has 0 saturated heterocycles. The summed E-state index contributed by atoms with van der Waals surface area (Å²) in [6.45, 7) is 2.01. The number of hydrogen-bond acceptors (Lipinski definition) is 3. The highest BCUT2D eigenvalue weighted by molar-refractivity contribution is 6.05. The molecule has 4 heteroatoms. The first-order valence-corrected chi connectivity index (χ1v) is 12.0. The fourth-order valence-corrected chi connectivity index (χ4v) is 6.73. The van der Waals surface area contributed by atoms with Crippen molar-refractivity contribution < 1.29 is 9.53 Å². The summed E-state index contributed by atoms with van der Waals surface area (Å²) < 4.78 is 5.45. The summed E-state index contributed by atoms with van der Waals surface area (Å²) >= 11 is 0. The zero-order valence-electron chi connectivity index (χ0n) is 19.2. The van der Waals surface area contributed by atoms with Crippen LogP contribution < -0.4 is 15.4 Å². The van der Waals surface area contributed by atoms with Crippen LogP contribution in [-0.4, -0.2) is 13.0 Å². The molecule has 33 heavy (non-hydrogen) atoms. The van der Waals surface area contributed by atoms with Crippen LogP contribution in [0.25, 0.3) is 0 Å². The second-order valence-electron chi connectivity index (χ2n) is 9.93. The summed E-state index contributed by atoms with van der Waals surface area (Å²) in [5.74, 6) is 3.18. The molecule has 5 atom stereocenters. The fourth-order valence-electron chi connectivity index (χ4n) is 6.73. The van der Waals surface area contributed by atoms with E-state index in [1.165, 1.54) is 36.1 Å². The topological polar surface area (TPSA) is 50.4 Å². The number of rotatable bonds is 4. The van der Waals surface area contributed by atoms with Gasteiger partial charge in [-0.05, 0) is 96.9 Å². The lowest BCUT2D eigenvalue weighted by Crippen LogP contribution is -2.35. The van der Waals surface area contributed by atoms with Crippen molar-refractivity contribution in [3.63, 3.8) is 0 Å². The molecule has 3 aromatic carbocycles. The van der Waals surface area contributed by atoms with Gasteiger partial charge in [-0.2, -0.15) is 0 Å². The van der Waals surface area contributed by atoms with Crippen molar-refractivity contribution in [2.45, 2.75) is 38.1 Å². The molecule has 0 unspecified atom stereocenters. The molecule has 2 N–H and O–H groups in total. The molecule has 4 nitrogen and oxygen atoms in total. The lowest BCUT2D eigenvalue weighted by Gasteiger charge is -2.43. The highest BCUT2D eigenvalue weighted by atomic mass is 16.5. The number of methoxy groups -OCH3 is 1. The molecule has 0 radical (unpaired) electrons. The maximum absolute atomic E-state index is 13.2. The molecule has 0 spiro atoms. The van der Waals surface area contributed by atoms with Gasteiger partial charge in [0.1, 0.15) is 5.75 Å². The summed E-state index contributed by atoms with van der Waals surface area (Å²) in [6.07, 6.45) is 3.96. The van der Waals surface area contributed by atoms with Crippen molar-refractivity contribution in [3.8, 4) is 5.75 Å². The quantitative estimate of drug-likeness (QED) is 0.485. The Labute approximate surface area is 195 Å². The summed E-state index contributed by atoms with van der Waals surface area (Å²) in [6, 6.07) is 23.2. The maximum atomic E-state index is 13.2. The van der Waals surface area contributed by atoms with Gasteiger partial charge in [0.15, 0.2) is 0 Å². The number of ether oxygens (including phenoxy) is 1. The number of aryl methyl sites for hydroxylation is 1. The van der Waals surface area contributed by atoms with Crippen LogP contribution in [0.3, 0.4) is 0 Å². The molecule has 6 rings (SSSR count). The van der Waals surface area contributed by atoms with E-state index in [1.54, 1.807) is 7.11 Å². The second kappa shape index (κ2) is 7.95. The van der Waals surface area contributed by atoms with E-state index >= 15 is 0 Å². The van der Waals surface area contributed by atoms with Crippen LogP contribution in [0.4, 0.5) is 11.4 Å². The predicted octanol–water partition coefficient (Wildman–Crippen LogP) is 6.55. The molecular formula is C29H30N2O2. The van der Waals surface area contributed by atoms with Gasteiger partial charge < -0.3 is 15.4 Å². The zero-order chi connectivity index (χ0) is 22.5. The van der Waals surface area contributed by atoms with Gasteiger partial charge >= 0.3 is 0 Å². The molecule has 1 heterocycles. The Morgan fingerprint density at radius 2 is 1.82 bits per heavy atom. The van der Waals surface area contributed by atoms with Crippen LogP contribution in [0.2, 0.25) is 0 Å². The van der Waals surface area contributed by atoms with Gasteiger partial charge in [0.25, 0.3) is 5.91 Å². The minimum Gasteiger partial charge on any atom is -0.495 e. The van der Waals surface area contributed by atoms with Crippen molar-refractivity contribution in [1.29, 1.82) is 0 Å². The van der Waals surface area contributed by atoms with Crippen LogP contribution in [0, 0.1) is 24.7 Å². The number of anilines is 2. The standard InChI is InChI=1S/C29H30N2O2/c1-17-8-13-25(33-2)24(14-17)31-29(32)21-11-12-23-22(16-21)26-19-9-10-20(15-19)27(26)28(30-23)18-6-4-3-5-7-18/h3-8,11-14,16,19-20,26-28,30H,9-10,15H2,1-2H3,(H,31,32)/t19-,20-,26-,27+,28-/m0/s1. The van der Waals surface area contributed by atoms with Gasteiger partial charge in [-0.3, -0.25) is 4.79 Å². The minimum absolute atomic E-state index is 0.0911. The molecular weight excluding hydrogens is 408 g/mol. The molecule has 1 aliphatic heterocycles. The van der Waals surface area contributed by atoms with Crippen LogP contribution in [0.15, 0.2) is 66.7 Å². The van der Waals surface area contributed by atoms with Crippen molar-refractivity contribution in [1.82, 2.24) is 0 Å². The molecule has 168 valence electrons. The molecule has 2 aliphatic carbocycles. The van der Waals surface area contributed by atoms with E-state index < -0.39 is 0 Å². The van der Waals surface area contributed by atoms with Gasteiger partial charge in [-0.15, -0.1) is 0 Å². The number of carbonyl (C=O) groups excluding carboxylic acids is 1. The Morgan fingerprint density at radius 3 is 2.64 bits per heavy atom. The monoisotopic (exact) mass is 438 g/mol. The van der Waals surface area contributed by atoms with Crippen LogP contribution in [-0.2, 0) is 0 Å². The van der Waals surface area contributed by atoms with Crippen molar-refractivity contribution in [3.05, 3.63) is 89.0 Å². The van der Waals surface area contributed by atoms with Crippen LogP contribution >= 0.6 is 0 Å². The summed E-state index contributed by atoms with van der Waals surface area (Å²) in [4.78, 5) is 13.2. The molecule has 2 fully saturated rings. The molecule has 3 aromatic rings. The number of benzene rings is 3. The molecule has 3 aliphatic rings. The van der Waals surface area contributed by atoms with E-state index in [2.05, 4.69) is 53.1 Å². The van der Waals surface area contributed by atoms with E-state index in [4.69, 9.17) is 4.74 Å². The summed E-state index contributed by atoms with van der Waals surface area (Å²) in [5, 5.41) is 6.93. The van der Waals surface area contributed by atoms with Crippen molar-refractivity contribution in [2.75, 3.05) is 17.7 Å². The van der Waals surface area contributed by atoms with Crippen molar-refractivity contribution in [2.24, 2.45) is 17.8 Å². The maximum Gasteiger partial charge on any atom is 0.255 e. The highest BCUT2D eigenvalue weighted by Crippen LogP contribution is 2.63. The van der Waals surface area contributed by atoms with E-state index in [0.717, 1.165) is 17.4 Å². The van der Waals surface area contributed by atoms with E-state index in [0.29, 0.717) is 34.9 Å². The number of fused-ring (bicyclic) bond motifs is 7. The lowest BCUT2D eigenvalue weighted by atomic mass is 9.68. The Kier molecular flexibility index (Phi) is 4.90. The number of hydrogen-bond donors (Lipinski definition) is 2. The van der Waals surface area contributed by atoms with E-state index in [9.17, 15) is 4.79 Å². The Hall–Kier alpha value is -3.27. The van der Waals surface area contributed by atoms with Gasteiger partial charge in [-0.1, -0.05) is 36.4 Å². The largest absolute Gasteiger partial charge is 0.495 e. The average Bonchev–Trinajstić information content (AvgIpc) is 3.47. The normalized spacial score (nSPS) is 26.8. The zero-order valence-corrected chi connectivity index (χ0v) is 19.2. The molecule has 0 aromatic heterocycles. The third kappa shape index (κ3) is 3.40. The Bertz CT molecular complexity index is 1210. The Balaban J connectivity index is 1.34. The van der Waals surface area contributed by atoms with Crippen LogP contribution in [0.1, 0.15) is 58.3 Å². The first-order chi connectivity index (χ1) is 16.1. The second-order valence-corrected chi connectivity index (χ2v) is 9.93. The SMILES string of the molecule is COc1ccc(C)cc1NC(=O)c1ccc2c(c1)[C@@H]1[C@H]3CC[C@@H](C3)[C@H]1[C@H](c1ccccc1)N2. The third-order valence-corrected chi connectivity index (χ3v) is 8.11. The van der Waals surface area contributed by atoms with E-state index in [1.807, 2.05) is 31.2 Å². The number of nitrogens with one attached hydrogen (secondary N) is 2. The van der Waals surface area contributed by atoms with Gasteiger partial charge in [-0.25, -0.2) is 0 Å². The Morgan fingerprint density at radius 1 is 1.00 bits per heavy atom. The molecule has 2 saturated carbocycles. The smallest absolute Gasteiger partial charge is 0.255 e. The van der Waals surface area contributed by atoms with Gasteiger partial charge in [0.2, 0.25) is 0 Å². The average molecular weight is 439 g/mol. The molecule has 2 bridgehead atoms. The van der Waals surface area contributed by atoms with Crippen molar-refractivity contribution >= 4 is 17.3 Å². The number of amides is 1. The molecule has 1 amide bonds. The first-order valence-electron chi connectivity index (χ1n) is 12.0. The summed E-state index contributed by atoms with van der Waals surface area (Å²) in [7, 11) is 1.63. The number of carbonyl (C=O) groups is 1. The highest BCUT2D eigenvalue weighted by Gasteiger charge is 2.53. The first kappa shape index (κ1) is 20.3. The van der Waals surface area contributed by atoms with Crippen LogP contribution in [0.5, 0.6) is 5.75 Å². The predicted molar refractivity (Wildman–Crippen MR) is 132 cm³/mol. The minimum atomic E-state index is -0.0911. The van der Waals surface area contributed by atoms with Gasteiger partial charge in [0, 0.05) is 11.3 Å². The fraction of sp³-hybridized carbons (Fsp3) is 0.345. The summed E-state index contributed by atoms with van der Waals surface area (Å²) in [5.41, 5.74) is 6.38. The van der Waals surface area contributed by atoms with E-state index in [-0.39, 0.29) is 5.91 Å². The lowest BCUT2D eigenvalue weighted by molar-refractivity contribution is 0.102. The third-order valence-electron chi connectivity index (χ3n) is 8.11.